The Morgan fingerprint density at radius 1 is 1.26 bits per heavy atom. The van der Waals surface area contributed by atoms with Gasteiger partial charge in [-0.2, -0.15) is 0 Å². The number of nitrogens with zero attached hydrogens (tertiary/aromatic N) is 4. The number of likely N-dealkylation sites (N-methyl/N-ethyl adjacent to an activating group) is 2. The van der Waals surface area contributed by atoms with Crippen LogP contribution in [0.1, 0.15) is 6.42 Å². The quantitative estimate of drug-likeness (QED) is 0.591. The number of hydrogen-bond donors (Lipinski definition) is 2. The van der Waals surface area contributed by atoms with Crippen LogP contribution in [0, 0.1) is 5.82 Å². The first-order valence-electron chi connectivity index (χ1n) is 9.94. The zero-order valence-corrected chi connectivity index (χ0v) is 19.3. The first kappa shape index (κ1) is 24.4. The van der Waals surface area contributed by atoms with Gasteiger partial charge in [-0.1, -0.05) is 0 Å². The minimum absolute atomic E-state index is 0.163. The first-order valence-corrected chi connectivity index (χ1v) is 10.8. The minimum atomic E-state index is -5.03. The Bertz CT molecular complexity index is 1250. The molecule has 2 aromatic rings. The molecular formula is C20H18F4N6O4S. The average Bonchev–Trinajstić information content (AvgIpc) is 3.36. The molecule has 0 spiro atoms. The van der Waals surface area contributed by atoms with Crippen molar-refractivity contribution in [3.05, 3.63) is 40.7 Å². The van der Waals surface area contributed by atoms with Gasteiger partial charge in [0.15, 0.2) is 16.7 Å². The third kappa shape index (κ3) is 4.77. The van der Waals surface area contributed by atoms with Gasteiger partial charge in [0.2, 0.25) is 5.91 Å². The maximum atomic E-state index is 14.0. The van der Waals surface area contributed by atoms with E-state index in [0.29, 0.717) is 5.70 Å². The molecule has 1 fully saturated rings. The van der Waals surface area contributed by atoms with Gasteiger partial charge in [-0.05, 0) is 18.2 Å². The molecule has 0 saturated carbocycles. The summed E-state index contributed by atoms with van der Waals surface area (Å²) in [5.74, 6) is -3.21. The van der Waals surface area contributed by atoms with Crippen molar-refractivity contribution >= 4 is 34.3 Å². The fourth-order valence-electron chi connectivity index (χ4n) is 3.66. The van der Waals surface area contributed by atoms with Crippen LogP contribution in [-0.4, -0.2) is 71.3 Å². The van der Waals surface area contributed by atoms with Gasteiger partial charge in [0.25, 0.3) is 5.91 Å². The summed E-state index contributed by atoms with van der Waals surface area (Å²) in [5.41, 5.74) is 4.02. The van der Waals surface area contributed by atoms with Crippen molar-refractivity contribution in [3.63, 3.8) is 0 Å². The van der Waals surface area contributed by atoms with Gasteiger partial charge in [-0.3, -0.25) is 14.5 Å². The number of aromatic nitrogens is 1. The van der Waals surface area contributed by atoms with Crippen molar-refractivity contribution in [2.45, 2.75) is 18.9 Å². The molecule has 1 saturated heterocycles. The maximum absolute atomic E-state index is 14.0. The predicted octanol–water partition coefficient (Wildman–Crippen LogP) is 2.73. The molecule has 1 atom stereocenters. The number of hydrogen-bond acceptors (Lipinski definition) is 8. The van der Waals surface area contributed by atoms with Crippen LogP contribution in [0.15, 0.2) is 34.8 Å². The van der Waals surface area contributed by atoms with Gasteiger partial charge in [0.1, 0.15) is 6.17 Å². The second kappa shape index (κ2) is 8.81. The molecule has 0 bridgehead atoms. The van der Waals surface area contributed by atoms with Crippen LogP contribution in [0.3, 0.4) is 0 Å². The summed E-state index contributed by atoms with van der Waals surface area (Å²) >= 11 is 1.03. The number of halogens is 4. The molecule has 4 rings (SSSR count). The number of amides is 4. The van der Waals surface area contributed by atoms with Gasteiger partial charge in [0.05, 0.1) is 23.4 Å². The van der Waals surface area contributed by atoms with Crippen LogP contribution < -0.4 is 15.5 Å². The highest BCUT2D eigenvalue weighted by Crippen LogP contribution is 2.32. The highest BCUT2D eigenvalue weighted by Gasteiger charge is 2.45. The molecule has 10 nitrogen and oxygen atoms in total. The standard InChI is InChI=1S/C20H18F4N6O4S/c1-28-16-15(17(32)29(2)19(28)33)12(30(3)27-16)7-14(31)26-18-25-11(8-35-18)9-4-5-13(10(21)6-9)34-20(22,23)24/h4-6,8,16,27H,7H2,1-3H3,(H,25,26,31). The number of thiazole rings is 1. The highest BCUT2D eigenvalue weighted by atomic mass is 32.1. The lowest BCUT2D eigenvalue weighted by molar-refractivity contribution is -0.275. The minimum Gasteiger partial charge on any atom is -0.403 e. The average molecular weight is 514 g/mol. The second-order valence-corrected chi connectivity index (χ2v) is 8.52. The molecule has 0 aliphatic carbocycles. The summed E-state index contributed by atoms with van der Waals surface area (Å²) in [6, 6.07) is 2.40. The van der Waals surface area contributed by atoms with Crippen LogP contribution in [0.25, 0.3) is 11.3 Å². The lowest BCUT2D eigenvalue weighted by atomic mass is 10.1. The van der Waals surface area contributed by atoms with Gasteiger partial charge in [-0.15, -0.1) is 24.5 Å². The van der Waals surface area contributed by atoms with Crippen molar-refractivity contribution in [1.29, 1.82) is 0 Å². The van der Waals surface area contributed by atoms with Crippen molar-refractivity contribution in [1.82, 2.24) is 25.2 Å². The number of ether oxygens (including phenoxy) is 1. The summed E-state index contributed by atoms with van der Waals surface area (Å²) in [7, 11) is 4.49. The molecule has 4 amide bonds. The Labute approximate surface area is 199 Å². The van der Waals surface area contributed by atoms with Gasteiger partial charge >= 0.3 is 12.4 Å². The van der Waals surface area contributed by atoms with Crippen molar-refractivity contribution in [3.8, 4) is 17.0 Å². The number of carbonyl (C=O) groups is 3. The number of hydrazine groups is 1. The number of fused-ring (bicyclic) bond motifs is 1. The third-order valence-corrected chi connectivity index (χ3v) is 6.11. The normalized spacial score (nSPS) is 18.4. The molecule has 35 heavy (non-hydrogen) atoms. The molecule has 0 radical (unpaired) electrons. The van der Waals surface area contributed by atoms with Gasteiger partial charge < -0.3 is 20.0 Å². The molecule has 1 aromatic carbocycles. The zero-order valence-electron chi connectivity index (χ0n) is 18.4. The van der Waals surface area contributed by atoms with E-state index in [4.69, 9.17) is 0 Å². The molecule has 1 aromatic heterocycles. The molecule has 2 aliphatic rings. The smallest absolute Gasteiger partial charge is 0.403 e. The van der Waals surface area contributed by atoms with Gasteiger partial charge in [-0.25, -0.2) is 19.6 Å². The summed E-state index contributed by atoms with van der Waals surface area (Å²) in [6.07, 6.45) is -5.93. The lowest BCUT2D eigenvalue weighted by Gasteiger charge is -2.35. The molecule has 2 aliphatic heterocycles. The number of anilines is 1. The number of rotatable bonds is 5. The van der Waals surface area contributed by atoms with Crippen LogP contribution >= 0.6 is 11.3 Å². The number of nitrogens with one attached hydrogen (secondary N) is 2. The van der Waals surface area contributed by atoms with E-state index < -0.39 is 41.9 Å². The number of alkyl halides is 3. The Hall–Kier alpha value is -3.72. The van der Waals surface area contributed by atoms with Gasteiger partial charge in [0, 0.05) is 32.1 Å². The Balaban J connectivity index is 1.48. The zero-order chi connectivity index (χ0) is 25.7. The SMILES string of the molecule is CN1NC2C(=C1CC(=O)Nc1nc(-c3ccc(OC(F)(F)F)c(F)c3)cs1)C(=O)N(C)C(=O)N2C. The van der Waals surface area contributed by atoms with Crippen LogP contribution in [0.4, 0.5) is 27.5 Å². The van der Waals surface area contributed by atoms with Crippen LogP contribution in [-0.2, 0) is 9.59 Å². The van der Waals surface area contributed by atoms with E-state index in [-0.39, 0.29) is 28.4 Å². The van der Waals surface area contributed by atoms with Crippen molar-refractivity contribution in [2.24, 2.45) is 0 Å². The maximum Gasteiger partial charge on any atom is 0.573 e. The fourth-order valence-corrected chi connectivity index (χ4v) is 4.40. The Kier molecular flexibility index (Phi) is 6.14. The number of carbonyl (C=O) groups excluding carboxylic acids is 3. The number of benzene rings is 1. The monoisotopic (exact) mass is 514 g/mol. The summed E-state index contributed by atoms with van der Waals surface area (Å²) < 4.78 is 54.6. The molecule has 2 N–H and O–H groups in total. The molecule has 1 unspecified atom stereocenters. The van der Waals surface area contributed by atoms with Crippen LogP contribution in [0.2, 0.25) is 0 Å². The van der Waals surface area contributed by atoms with E-state index in [2.05, 4.69) is 20.5 Å². The highest BCUT2D eigenvalue weighted by molar-refractivity contribution is 7.14. The van der Waals surface area contributed by atoms with Crippen molar-refractivity contribution in [2.75, 3.05) is 26.5 Å². The fraction of sp³-hybridized carbons (Fsp3) is 0.300. The summed E-state index contributed by atoms with van der Waals surface area (Å²) in [5, 5.41) is 5.75. The molecule has 15 heteroatoms. The Morgan fingerprint density at radius 2 is 1.97 bits per heavy atom. The lowest BCUT2D eigenvalue weighted by Crippen LogP contribution is -2.58. The van der Waals surface area contributed by atoms with Crippen LogP contribution in [0.5, 0.6) is 5.75 Å². The Morgan fingerprint density at radius 3 is 2.63 bits per heavy atom. The molecule has 3 heterocycles. The summed E-state index contributed by atoms with van der Waals surface area (Å²) in [4.78, 5) is 44.0. The van der Waals surface area contributed by atoms with E-state index >= 15 is 0 Å². The summed E-state index contributed by atoms with van der Waals surface area (Å²) in [6.45, 7) is 0. The van der Waals surface area contributed by atoms with E-state index in [9.17, 15) is 31.9 Å². The number of urea groups is 1. The van der Waals surface area contributed by atoms with Crippen molar-refractivity contribution < 1.29 is 36.7 Å². The third-order valence-electron chi connectivity index (χ3n) is 5.35. The molecule has 186 valence electrons. The van der Waals surface area contributed by atoms with E-state index in [1.807, 2.05) is 0 Å². The number of imide groups is 1. The van der Waals surface area contributed by atoms with E-state index in [1.165, 1.54) is 35.5 Å². The van der Waals surface area contributed by atoms with E-state index in [0.717, 1.165) is 28.4 Å². The second-order valence-electron chi connectivity index (χ2n) is 7.66. The largest absolute Gasteiger partial charge is 0.573 e. The molecular weight excluding hydrogens is 496 g/mol. The topological polar surface area (TPSA) is 107 Å². The predicted molar refractivity (Wildman–Crippen MR) is 115 cm³/mol. The van der Waals surface area contributed by atoms with E-state index in [1.54, 1.807) is 7.05 Å². The first-order chi connectivity index (χ1) is 16.4.